The highest BCUT2D eigenvalue weighted by Crippen LogP contribution is 2.22. The summed E-state index contributed by atoms with van der Waals surface area (Å²) in [7, 11) is 0. The molecule has 0 heterocycles. The predicted molar refractivity (Wildman–Crippen MR) is 115 cm³/mol. The van der Waals surface area contributed by atoms with Crippen molar-refractivity contribution >= 4 is 11.8 Å². The minimum absolute atomic E-state index is 0.221. The van der Waals surface area contributed by atoms with Crippen molar-refractivity contribution in [1.82, 2.24) is 10.9 Å². The Balaban J connectivity index is 1.43. The van der Waals surface area contributed by atoms with Crippen LogP contribution in [0.3, 0.4) is 0 Å². The Morgan fingerprint density at radius 2 is 1.37 bits per heavy atom. The van der Waals surface area contributed by atoms with Gasteiger partial charge >= 0.3 is 0 Å². The summed E-state index contributed by atoms with van der Waals surface area (Å²) in [5.74, 6) is 0.259. The summed E-state index contributed by atoms with van der Waals surface area (Å²) >= 11 is 0. The van der Waals surface area contributed by atoms with Gasteiger partial charge in [0.1, 0.15) is 11.5 Å². The molecule has 6 nitrogen and oxygen atoms in total. The number of benzene rings is 3. The lowest BCUT2D eigenvalue weighted by molar-refractivity contribution is -0.134. The largest absolute Gasteiger partial charge is 0.484 e. The van der Waals surface area contributed by atoms with Gasteiger partial charge in [-0.05, 0) is 41.8 Å². The van der Waals surface area contributed by atoms with E-state index >= 15 is 0 Å². The number of para-hydroxylation sites is 1. The molecule has 1 atom stereocenters. The minimum atomic E-state index is -0.709. The molecule has 0 aliphatic rings. The van der Waals surface area contributed by atoms with Gasteiger partial charge in [-0.1, -0.05) is 67.6 Å². The van der Waals surface area contributed by atoms with E-state index in [9.17, 15) is 9.59 Å². The second kappa shape index (κ2) is 10.7. The highest BCUT2D eigenvalue weighted by Gasteiger charge is 2.19. The Kier molecular flexibility index (Phi) is 7.44. The van der Waals surface area contributed by atoms with Crippen LogP contribution in [-0.2, 0) is 9.59 Å². The molecule has 0 aliphatic carbocycles. The molecule has 3 aromatic rings. The monoisotopic (exact) mass is 404 g/mol. The van der Waals surface area contributed by atoms with Gasteiger partial charge in [0.2, 0.25) is 0 Å². The summed E-state index contributed by atoms with van der Waals surface area (Å²) < 4.78 is 11.1. The molecule has 154 valence electrons. The van der Waals surface area contributed by atoms with Crippen LogP contribution in [0, 0.1) is 0 Å². The van der Waals surface area contributed by atoms with Crippen molar-refractivity contribution in [2.24, 2.45) is 0 Å². The molecule has 0 fully saturated rings. The number of hydrazine groups is 1. The molecule has 1 unspecified atom stereocenters. The fourth-order valence-electron chi connectivity index (χ4n) is 2.76. The molecule has 6 heteroatoms. The Bertz CT molecular complexity index is 944. The first kappa shape index (κ1) is 20.9. The Morgan fingerprint density at radius 3 is 2.00 bits per heavy atom. The average molecular weight is 404 g/mol. The SMILES string of the molecule is CCC(Oc1ccccc1)C(=O)NNC(=O)COc1ccc(-c2ccccc2)cc1. The van der Waals surface area contributed by atoms with Crippen molar-refractivity contribution in [2.45, 2.75) is 19.4 Å². The van der Waals surface area contributed by atoms with E-state index < -0.39 is 17.9 Å². The molecule has 2 N–H and O–H groups in total. The van der Waals surface area contributed by atoms with Gasteiger partial charge in [-0.25, -0.2) is 0 Å². The molecule has 0 aromatic heterocycles. The Labute approximate surface area is 175 Å². The van der Waals surface area contributed by atoms with Gasteiger partial charge in [0.25, 0.3) is 11.8 Å². The van der Waals surface area contributed by atoms with E-state index in [1.165, 1.54) is 0 Å². The van der Waals surface area contributed by atoms with Gasteiger partial charge in [0.05, 0.1) is 0 Å². The number of hydrogen-bond donors (Lipinski definition) is 2. The second-order valence-corrected chi connectivity index (χ2v) is 6.54. The molecule has 0 bridgehead atoms. The van der Waals surface area contributed by atoms with E-state index in [1.807, 2.05) is 67.6 Å². The molecule has 0 radical (unpaired) electrons. The number of carbonyl (C=O) groups is 2. The molecule has 30 heavy (non-hydrogen) atoms. The van der Waals surface area contributed by atoms with Gasteiger partial charge < -0.3 is 9.47 Å². The Morgan fingerprint density at radius 1 is 0.767 bits per heavy atom. The highest BCUT2D eigenvalue weighted by molar-refractivity contribution is 5.85. The van der Waals surface area contributed by atoms with Gasteiger partial charge in [-0.3, -0.25) is 20.4 Å². The first-order valence-corrected chi connectivity index (χ1v) is 9.74. The summed E-state index contributed by atoms with van der Waals surface area (Å²) in [6, 6.07) is 26.5. The van der Waals surface area contributed by atoms with E-state index in [0.717, 1.165) is 11.1 Å². The molecule has 0 saturated heterocycles. The molecule has 0 saturated carbocycles. The summed E-state index contributed by atoms with van der Waals surface area (Å²) in [6.07, 6.45) is -0.250. The first-order chi connectivity index (χ1) is 14.7. The van der Waals surface area contributed by atoms with Crippen LogP contribution >= 0.6 is 0 Å². The maximum atomic E-state index is 12.2. The number of ether oxygens (including phenoxy) is 2. The van der Waals surface area contributed by atoms with E-state index in [2.05, 4.69) is 10.9 Å². The second-order valence-electron chi connectivity index (χ2n) is 6.54. The molecular formula is C24H24N2O4. The molecule has 3 aromatic carbocycles. The van der Waals surface area contributed by atoms with Crippen LogP contribution in [0.25, 0.3) is 11.1 Å². The molecular weight excluding hydrogens is 380 g/mol. The lowest BCUT2D eigenvalue weighted by Crippen LogP contribution is -2.49. The van der Waals surface area contributed by atoms with Crippen LogP contribution in [0.15, 0.2) is 84.9 Å². The quantitative estimate of drug-likeness (QED) is 0.561. The lowest BCUT2D eigenvalue weighted by atomic mass is 10.1. The number of nitrogens with one attached hydrogen (secondary N) is 2. The number of hydrogen-bond acceptors (Lipinski definition) is 4. The van der Waals surface area contributed by atoms with E-state index in [0.29, 0.717) is 17.9 Å². The van der Waals surface area contributed by atoms with Gasteiger partial charge in [-0.2, -0.15) is 0 Å². The zero-order chi connectivity index (χ0) is 21.2. The van der Waals surface area contributed by atoms with E-state index in [-0.39, 0.29) is 6.61 Å². The third-order valence-corrected chi connectivity index (χ3v) is 4.34. The van der Waals surface area contributed by atoms with Crippen LogP contribution in [-0.4, -0.2) is 24.5 Å². The van der Waals surface area contributed by atoms with Crippen molar-refractivity contribution in [2.75, 3.05) is 6.61 Å². The summed E-state index contributed by atoms with van der Waals surface area (Å²) in [5, 5.41) is 0. The normalized spacial score (nSPS) is 11.2. The van der Waals surface area contributed by atoms with Crippen molar-refractivity contribution in [3.05, 3.63) is 84.9 Å². The van der Waals surface area contributed by atoms with Crippen LogP contribution in [0.5, 0.6) is 11.5 Å². The first-order valence-electron chi connectivity index (χ1n) is 9.74. The number of carbonyl (C=O) groups excluding carboxylic acids is 2. The fourth-order valence-corrected chi connectivity index (χ4v) is 2.76. The number of rotatable bonds is 8. The smallest absolute Gasteiger partial charge is 0.279 e. The van der Waals surface area contributed by atoms with Crippen molar-refractivity contribution in [3.63, 3.8) is 0 Å². The van der Waals surface area contributed by atoms with Crippen LogP contribution < -0.4 is 20.3 Å². The van der Waals surface area contributed by atoms with Gasteiger partial charge in [0.15, 0.2) is 12.7 Å². The van der Waals surface area contributed by atoms with E-state index in [1.54, 1.807) is 24.3 Å². The highest BCUT2D eigenvalue weighted by atomic mass is 16.5. The topological polar surface area (TPSA) is 76.7 Å². The molecule has 0 aliphatic heterocycles. The third kappa shape index (κ3) is 6.10. The summed E-state index contributed by atoms with van der Waals surface area (Å²) in [5.41, 5.74) is 6.89. The molecule has 3 rings (SSSR count). The molecule has 2 amide bonds. The molecule has 0 spiro atoms. The van der Waals surface area contributed by atoms with Crippen molar-refractivity contribution in [1.29, 1.82) is 0 Å². The fraction of sp³-hybridized carbons (Fsp3) is 0.167. The zero-order valence-corrected chi connectivity index (χ0v) is 16.7. The van der Waals surface area contributed by atoms with E-state index in [4.69, 9.17) is 9.47 Å². The maximum absolute atomic E-state index is 12.2. The summed E-state index contributed by atoms with van der Waals surface area (Å²) in [4.78, 5) is 24.2. The summed E-state index contributed by atoms with van der Waals surface area (Å²) in [6.45, 7) is 1.61. The van der Waals surface area contributed by atoms with Crippen LogP contribution in [0.1, 0.15) is 13.3 Å². The minimum Gasteiger partial charge on any atom is -0.484 e. The lowest BCUT2D eigenvalue weighted by Gasteiger charge is -2.17. The predicted octanol–water partition coefficient (Wildman–Crippen LogP) is 3.74. The van der Waals surface area contributed by atoms with Crippen LogP contribution in [0.2, 0.25) is 0 Å². The van der Waals surface area contributed by atoms with Gasteiger partial charge in [-0.15, -0.1) is 0 Å². The van der Waals surface area contributed by atoms with Crippen molar-refractivity contribution < 1.29 is 19.1 Å². The van der Waals surface area contributed by atoms with Crippen molar-refractivity contribution in [3.8, 4) is 22.6 Å². The average Bonchev–Trinajstić information content (AvgIpc) is 2.81. The standard InChI is InChI=1S/C24H24N2O4/c1-2-22(30-21-11-7-4-8-12-21)24(28)26-25-23(27)17-29-20-15-13-19(14-16-20)18-9-5-3-6-10-18/h3-16,22H,2,17H2,1H3,(H,25,27)(H,26,28). The number of amides is 2. The van der Waals surface area contributed by atoms with Gasteiger partial charge in [0, 0.05) is 0 Å². The Hall–Kier alpha value is -3.80. The van der Waals surface area contributed by atoms with Crippen LogP contribution in [0.4, 0.5) is 0 Å². The third-order valence-electron chi connectivity index (χ3n) is 4.34. The maximum Gasteiger partial charge on any atom is 0.279 e. The zero-order valence-electron chi connectivity index (χ0n) is 16.7.